The van der Waals surface area contributed by atoms with Gasteiger partial charge in [-0.05, 0) is 32.4 Å². The van der Waals surface area contributed by atoms with Gasteiger partial charge in [-0.2, -0.15) is 0 Å². The van der Waals surface area contributed by atoms with Crippen LogP contribution in [0.15, 0.2) is 12.1 Å². The van der Waals surface area contributed by atoms with Crippen LogP contribution in [-0.2, 0) is 4.79 Å². The van der Waals surface area contributed by atoms with E-state index < -0.39 is 5.91 Å². The molecule has 0 aliphatic carbocycles. The number of ether oxygens (including phenoxy) is 2. The Labute approximate surface area is 147 Å². The molecule has 7 nitrogen and oxygen atoms in total. The molecule has 1 aromatic carbocycles. The van der Waals surface area contributed by atoms with E-state index >= 15 is 0 Å². The third kappa shape index (κ3) is 4.52. The van der Waals surface area contributed by atoms with Gasteiger partial charge in [0.1, 0.15) is 0 Å². The van der Waals surface area contributed by atoms with Gasteiger partial charge in [-0.3, -0.25) is 9.59 Å². The number of nitrogens with two attached hydrogens (primary N) is 1. The first kappa shape index (κ1) is 20.1. The minimum Gasteiger partial charge on any atom is -0.493 e. The van der Waals surface area contributed by atoms with Crippen LogP contribution in [0.2, 0.25) is 0 Å². The quantitative estimate of drug-likeness (QED) is 0.742. The number of hydrogen-bond donors (Lipinski definition) is 3. The van der Waals surface area contributed by atoms with E-state index in [2.05, 4.69) is 10.6 Å². The lowest BCUT2D eigenvalue weighted by molar-refractivity contribution is -0.120. The molecule has 4 N–H and O–H groups in total. The largest absolute Gasteiger partial charge is 0.493 e. The summed E-state index contributed by atoms with van der Waals surface area (Å²) in [7, 11) is 2.96. The lowest BCUT2D eigenvalue weighted by Crippen LogP contribution is -2.40. The predicted octanol–water partition coefficient (Wildman–Crippen LogP) is 1.55. The highest BCUT2D eigenvalue weighted by Crippen LogP contribution is 2.33. The Kier molecular flexibility index (Phi) is 7.31. The second-order valence-electron chi connectivity index (χ2n) is 5.68. The van der Waals surface area contributed by atoms with Gasteiger partial charge in [0.05, 0.1) is 25.5 Å². The fourth-order valence-corrected chi connectivity index (χ4v) is 2.79. The van der Waals surface area contributed by atoms with Gasteiger partial charge < -0.3 is 25.8 Å². The maximum absolute atomic E-state index is 12.5. The van der Waals surface area contributed by atoms with Crippen molar-refractivity contribution < 1.29 is 19.1 Å². The fraction of sp³-hybridized carbons (Fsp3) is 0.500. The summed E-state index contributed by atoms with van der Waals surface area (Å²) in [6, 6.07) is 3.32. The van der Waals surface area contributed by atoms with E-state index in [1.165, 1.54) is 20.3 Å². The Bertz CT molecular complexity index is 609. The summed E-state index contributed by atoms with van der Waals surface area (Å²) in [6.45, 7) is 2.85. The third-order valence-corrected chi connectivity index (χ3v) is 4.04. The van der Waals surface area contributed by atoms with Crippen molar-refractivity contribution in [3.8, 4) is 11.5 Å². The van der Waals surface area contributed by atoms with Crippen LogP contribution in [0.5, 0.6) is 11.5 Å². The number of amides is 2. The third-order valence-electron chi connectivity index (χ3n) is 4.04. The summed E-state index contributed by atoms with van der Waals surface area (Å²) in [6.07, 6.45) is 1.51. The van der Waals surface area contributed by atoms with Crippen molar-refractivity contribution in [2.45, 2.75) is 25.8 Å². The lowest BCUT2D eigenvalue weighted by atomic mass is 9.92. The average molecular weight is 358 g/mol. The van der Waals surface area contributed by atoms with E-state index in [0.717, 1.165) is 19.4 Å². The molecular formula is C16H24ClN3O4. The molecule has 24 heavy (non-hydrogen) atoms. The first-order valence-electron chi connectivity index (χ1n) is 7.56. The molecule has 2 rings (SSSR count). The van der Waals surface area contributed by atoms with E-state index in [0.29, 0.717) is 23.2 Å². The average Bonchev–Trinajstić information content (AvgIpc) is 2.54. The van der Waals surface area contributed by atoms with Gasteiger partial charge >= 0.3 is 0 Å². The standard InChI is InChI=1S/C16H23N3O4.ClH/c1-9-6-10(4-5-18-9)16(21)19-12-8-14(23-3)13(22-2)7-11(12)15(17)20;/h7-10,18H,4-6H2,1-3H3,(H2,17,20)(H,19,21);1H/t9-,10-;/m0./s1. The molecule has 134 valence electrons. The molecular weight excluding hydrogens is 334 g/mol. The summed E-state index contributed by atoms with van der Waals surface area (Å²) in [4.78, 5) is 24.1. The summed E-state index contributed by atoms with van der Waals surface area (Å²) < 4.78 is 10.4. The fourth-order valence-electron chi connectivity index (χ4n) is 2.79. The number of methoxy groups -OCH3 is 2. The van der Waals surface area contributed by atoms with Gasteiger partial charge in [0.25, 0.3) is 5.91 Å². The van der Waals surface area contributed by atoms with Crippen LogP contribution in [-0.4, -0.2) is 38.6 Å². The monoisotopic (exact) mass is 357 g/mol. The summed E-state index contributed by atoms with van der Waals surface area (Å²) in [5.41, 5.74) is 5.94. The predicted molar refractivity (Wildman–Crippen MR) is 94.1 cm³/mol. The van der Waals surface area contributed by atoms with Gasteiger partial charge in [-0.1, -0.05) is 0 Å². The summed E-state index contributed by atoms with van der Waals surface area (Å²) >= 11 is 0. The van der Waals surface area contributed by atoms with Crippen molar-refractivity contribution in [3.05, 3.63) is 17.7 Å². The molecule has 1 heterocycles. The number of primary amides is 1. The molecule has 0 aromatic heterocycles. The highest BCUT2D eigenvalue weighted by Gasteiger charge is 2.26. The molecule has 0 saturated carbocycles. The van der Waals surface area contributed by atoms with Gasteiger partial charge in [0.2, 0.25) is 5.91 Å². The van der Waals surface area contributed by atoms with Crippen LogP contribution in [0.1, 0.15) is 30.1 Å². The number of rotatable bonds is 5. The number of benzene rings is 1. The van der Waals surface area contributed by atoms with E-state index in [-0.39, 0.29) is 29.8 Å². The molecule has 1 aliphatic heterocycles. The number of halogens is 1. The summed E-state index contributed by atoms with van der Waals surface area (Å²) in [5, 5.41) is 6.11. The molecule has 2 amide bonds. The number of piperidine rings is 1. The molecule has 0 bridgehead atoms. The van der Waals surface area contributed by atoms with Gasteiger partial charge in [-0.25, -0.2) is 0 Å². The molecule has 2 atom stereocenters. The molecule has 1 saturated heterocycles. The van der Waals surface area contributed by atoms with Crippen molar-refractivity contribution in [3.63, 3.8) is 0 Å². The number of nitrogens with one attached hydrogen (secondary N) is 2. The van der Waals surface area contributed by atoms with Crippen molar-refractivity contribution in [1.29, 1.82) is 0 Å². The Hall–Kier alpha value is -1.99. The second kappa shape index (κ2) is 8.75. The van der Waals surface area contributed by atoms with Crippen LogP contribution in [0.4, 0.5) is 5.69 Å². The topological polar surface area (TPSA) is 103 Å². The van der Waals surface area contributed by atoms with Crippen LogP contribution in [0, 0.1) is 5.92 Å². The first-order chi connectivity index (χ1) is 11.0. The Balaban J connectivity index is 0.00000288. The smallest absolute Gasteiger partial charge is 0.250 e. The molecule has 1 fully saturated rings. The van der Waals surface area contributed by atoms with Crippen LogP contribution < -0.4 is 25.8 Å². The maximum atomic E-state index is 12.5. The van der Waals surface area contributed by atoms with E-state index in [1.54, 1.807) is 6.07 Å². The zero-order valence-electron chi connectivity index (χ0n) is 14.0. The zero-order chi connectivity index (χ0) is 17.0. The van der Waals surface area contributed by atoms with E-state index in [1.807, 2.05) is 6.92 Å². The van der Waals surface area contributed by atoms with Crippen molar-refractivity contribution in [1.82, 2.24) is 5.32 Å². The number of anilines is 1. The number of hydrogen-bond acceptors (Lipinski definition) is 5. The van der Waals surface area contributed by atoms with E-state index in [4.69, 9.17) is 15.2 Å². The number of carbonyl (C=O) groups excluding carboxylic acids is 2. The van der Waals surface area contributed by atoms with Crippen LogP contribution in [0.25, 0.3) is 0 Å². The highest BCUT2D eigenvalue weighted by molar-refractivity contribution is 6.04. The van der Waals surface area contributed by atoms with E-state index in [9.17, 15) is 9.59 Å². The molecule has 0 unspecified atom stereocenters. The summed E-state index contributed by atoms with van der Waals surface area (Å²) in [5.74, 6) is -0.0469. The molecule has 1 aromatic rings. The Morgan fingerprint density at radius 1 is 1.25 bits per heavy atom. The van der Waals surface area contributed by atoms with Crippen LogP contribution in [0.3, 0.4) is 0 Å². The second-order valence-corrected chi connectivity index (χ2v) is 5.68. The van der Waals surface area contributed by atoms with Crippen molar-refractivity contribution in [2.24, 2.45) is 11.7 Å². The number of carbonyl (C=O) groups is 2. The molecule has 0 radical (unpaired) electrons. The van der Waals surface area contributed by atoms with Crippen molar-refractivity contribution >= 4 is 29.9 Å². The van der Waals surface area contributed by atoms with Gasteiger partial charge in [-0.15, -0.1) is 12.4 Å². The Morgan fingerprint density at radius 3 is 2.42 bits per heavy atom. The normalized spacial score (nSPS) is 19.8. The minimum absolute atomic E-state index is 0. The molecule has 0 spiro atoms. The first-order valence-corrected chi connectivity index (χ1v) is 7.56. The molecule has 8 heteroatoms. The minimum atomic E-state index is -0.639. The highest BCUT2D eigenvalue weighted by atomic mass is 35.5. The lowest BCUT2D eigenvalue weighted by Gasteiger charge is -2.27. The van der Waals surface area contributed by atoms with Crippen molar-refractivity contribution in [2.75, 3.05) is 26.1 Å². The van der Waals surface area contributed by atoms with Crippen LogP contribution >= 0.6 is 12.4 Å². The SMILES string of the molecule is COc1cc(NC(=O)[C@H]2CCN[C@@H](C)C2)c(C(N)=O)cc1OC.Cl. The van der Waals surface area contributed by atoms with Gasteiger partial charge in [0.15, 0.2) is 11.5 Å². The van der Waals surface area contributed by atoms with Gasteiger partial charge in [0, 0.05) is 18.0 Å². The Morgan fingerprint density at radius 2 is 1.88 bits per heavy atom. The zero-order valence-corrected chi connectivity index (χ0v) is 14.9. The molecule has 1 aliphatic rings. The maximum Gasteiger partial charge on any atom is 0.250 e.